The number of amides is 1. The fourth-order valence-corrected chi connectivity index (χ4v) is 6.94. The summed E-state index contributed by atoms with van der Waals surface area (Å²) in [5, 5.41) is 11.0. The van der Waals surface area contributed by atoms with Crippen LogP contribution in [0.2, 0.25) is 0 Å². The van der Waals surface area contributed by atoms with Crippen LogP contribution in [0.1, 0.15) is 92.3 Å². The third-order valence-electron chi connectivity index (χ3n) is 7.41. The minimum atomic E-state index is -0.271. The van der Waals surface area contributed by atoms with Crippen molar-refractivity contribution in [1.82, 2.24) is 14.9 Å². The SMILES string of the molecule is Cc1nc(C(=O)N2[C@@H]3CC[C@H]2CC(O)C3)c2cc(C3CCC(C)(C)CC3)sc2n1. The van der Waals surface area contributed by atoms with Gasteiger partial charge in [-0.2, -0.15) is 0 Å². The Labute approximate surface area is 176 Å². The highest BCUT2D eigenvalue weighted by Gasteiger charge is 2.44. The molecule has 1 saturated carbocycles. The summed E-state index contributed by atoms with van der Waals surface area (Å²) < 4.78 is 0. The van der Waals surface area contributed by atoms with Gasteiger partial charge in [0.25, 0.3) is 5.91 Å². The largest absolute Gasteiger partial charge is 0.393 e. The van der Waals surface area contributed by atoms with Gasteiger partial charge in [-0.05, 0) is 75.7 Å². The maximum atomic E-state index is 13.6. The molecule has 1 amide bonds. The molecule has 3 fully saturated rings. The molecule has 1 aliphatic carbocycles. The lowest BCUT2D eigenvalue weighted by atomic mass is 9.73. The number of piperidine rings is 1. The summed E-state index contributed by atoms with van der Waals surface area (Å²) >= 11 is 1.75. The summed E-state index contributed by atoms with van der Waals surface area (Å²) in [6.45, 7) is 6.61. The van der Waals surface area contributed by atoms with Crippen LogP contribution >= 0.6 is 11.3 Å². The second kappa shape index (κ2) is 7.02. The fraction of sp³-hybridized carbons (Fsp3) is 0.696. The van der Waals surface area contributed by atoms with Crippen LogP contribution in [0.25, 0.3) is 10.2 Å². The summed E-state index contributed by atoms with van der Waals surface area (Å²) in [6.07, 6.45) is 8.04. The van der Waals surface area contributed by atoms with E-state index in [2.05, 4.69) is 29.9 Å². The smallest absolute Gasteiger partial charge is 0.273 e. The van der Waals surface area contributed by atoms with Crippen LogP contribution in [-0.4, -0.2) is 44.1 Å². The predicted molar refractivity (Wildman–Crippen MR) is 115 cm³/mol. The van der Waals surface area contributed by atoms with Crippen molar-refractivity contribution in [3.8, 4) is 0 Å². The molecular formula is C23H31N3O2S. The molecule has 5 rings (SSSR count). The number of carbonyl (C=O) groups excluding carboxylic acids is 1. The molecule has 3 aliphatic rings. The third-order valence-corrected chi connectivity index (χ3v) is 8.60. The molecule has 0 radical (unpaired) electrons. The first kappa shape index (κ1) is 19.4. The van der Waals surface area contributed by atoms with Crippen molar-refractivity contribution >= 4 is 27.5 Å². The highest BCUT2D eigenvalue weighted by atomic mass is 32.1. The van der Waals surface area contributed by atoms with Crippen LogP contribution in [0.5, 0.6) is 0 Å². The number of fused-ring (bicyclic) bond motifs is 3. The molecule has 156 valence electrons. The van der Waals surface area contributed by atoms with Crippen LogP contribution in [-0.2, 0) is 0 Å². The Morgan fingerprint density at radius 3 is 2.45 bits per heavy atom. The van der Waals surface area contributed by atoms with E-state index in [1.807, 2.05) is 11.8 Å². The number of thiophene rings is 1. The minimum Gasteiger partial charge on any atom is -0.393 e. The van der Waals surface area contributed by atoms with Gasteiger partial charge in [0.15, 0.2) is 0 Å². The number of hydrogen-bond acceptors (Lipinski definition) is 5. The molecule has 0 aromatic carbocycles. The van der Waals surface area contributed by atoms with Gasteiger partial charge in [0.05, 0.1) is 6.10 Å². The zero-order chi connectivity index (χ0) is 20.3. The summed E-state index contributed by atoms with van der Waals surface area (Å²) in [5.74, 6) is 1.28. The van der Waals surface area contributed by atoms with Crippen molar-refractivity contribution in [2.75, 3.05) is 0 Å². The van der Waals surface area contributed by atoms with E-state index in [-0.39, 0.29) is 24.1 Å². The van der Waals surface area contributed by atoms with Crippen molar-refractivity contribution in [3.05, 3.63) is 22.5 Å². The van der Waals surface area contributed by atoms with Crippen LogP contribution in [0.4, 0.5) is 0 Å². The first-order valence-corrected chi connectivity index (χ1v) is 11.9. The summed E-state index contributed by atoms with van der Waals surface area (Å²) in [5.41, 5.74) is 1.02. The van der Waals surface area contributed by atoms with Gasteiger partial charge in [-0.3, -0.25) is 4.79 Å². The molecule has 2 aliphatic heterocycles. The quantitative estimate of drug-likeness (QED) is 0.767. The van der Waals surface area contributed by atoms with Gasteiger partial charge < -0.3 is 10.0 Å². The maximum absolute atomic E-state index is 13.6. The molecule has 4 heterocycles. The second-order valence-electron chi connectivity index (χ2n) is 10.1. The normalized spacial score (nSPS) is 29.5. The van der Waals surface area contributed by atoms with Gasteiger partial charge in [0.1, 0.15) is 16.3 Å². The Hall–Kier alpha value is -1.53. The molecule has 1 N–H and O–H groups in total. The molecule has 6 heteroatoms. The number of aliphatic hydroxyl groups is 1. The number of nitrogens with zero attached hydrogens (tertiary/aromatic N) is 3. The lowest BCUT2D eigenvalue weighted by Gasteiger charge is -2.37. The van der Waals surface area contributed by atoms with E-state index >= 15 is 0 Å². The van der Waals surface area contributed by atoms with E-state index in [4.69, 9.17) is 0 Å². The number of carbonyl (C=O) groups is 1. The lowest BCUT2D eigenvalue weighted by Crippen LogP contribution is -2.48. The molecular weight excluding hydrogens is 382 g/mol. The third kappa shape index (κ3) is 3.48. The zero-order valence-corrected chi connectivity index (χ0v) is 18.5. The average molecular weight is 414 g/mol. The Balaban J connectivity index is 1.48. The zero-order valence-electron chi connectivity index (χ0n) is 17.6. The second-order valence-corrected chi connectivity index (χ2v) is 11.2. The Kier molecular flexibility index (Phi) is 4.70. The first-order valence-electron chi connectivity index (χ1n) is 11.1. The van der Waals surface area contributed by atoms with Crippen LogP contribution < -0.4 is 0 Å². The van der Waals surface area contributed by atoms with Gasteiger partial charge in [-0.15, -0.1) is 11.3 Å². The number of aliphatic hydroxyl groups excluding tert-OH is 1. The molecule has 1 unspecified atom stereocenters. The molecule has 2 bridgehead atoms. The van der Waals surface area contributed by atoms with E-state index in [0.717, 1.165) is 23.1 Å². The van der Waals surface area contributed by atoms with E-state index in [9.17, 15) is 9.90 Å². The topological polar surface area (TPSA) is 66.3 Å². The maximum Gasteiger partial charge on any atom is 0.273 e. The first-order chi connectivity index (χ1) is 13.8. The standard InChI is InChI=1S/C23H31N3O2S/c1-13-24-20(22(28)26-15-4-5-16(26)11-17(27)10-15)18-12-19(29-21(18)25-13)14-6-8-23(2,3)9-7-14/h12,14-17,27H,4-11H2,1-3H3/t15-,16+,17?. The molecule has 2 aromatic heterocycles. The Morgan fingerprint density at radius 1 is 1.14 bits per heavy atom. The van der Waals surface area contributed by atoms with Gasteiger partial charge in [0, 0.05) is 22.3 Å². The van der Waals surface area contributed by atoms with Crippen molar-refractivity contribution in [1.29, 1.82) is 0 Å². The summed E-state index contributed by atoms with van der Waals surface area (Å²) in [7, 11) is 0. The number of hydrogen-bond donors (Lipinski definition) is 1. The van der Waals surface area contributed by atoms with Gasteiger partial charge in [-0.1, -0.05) is 13.8 Å². The van der Waals surface area contributed by atoms with Crippen molar-refractivity contribution in [3.63, 3.8) is 0 Å². The van der Waals surface area contributed by atoms with Crippen molar-refractivity contribution in [2.24, 2.45) is 5.41 Å². The predicted octanol–water partition coefficient (Wildman–Crippen LogP) is 4.81. The molecule has 3 atom stereocenters. The van der Waals surface area contributed by atoms with Crippen LogP contribution in [0, 0.1) is 12.3 Å². The number of rotatable bonds is 2. The highest BCUT2D eigenvalue weighted by molar-refractivity contribution is 7.18. The number of aromatic nitrogens is 2. The van der Waals surface area contributed by atoms with E-state index in [1.54, 1.807) is 11.3 Å². The fourth-order valence-electron chi connectivity index (χ4n) is 5.70. The van der Waals surface area contributed by atoms with E-state index < -0.39 is 0 Å². The Bertz CT molecular complexity index is 929. The lowest BCUT2D eigenvalue weighted by molar-refractivity contribution is 0.0284. The monoisotopic (exact) mass is 413 g/mol. The van der Waals surface area contributed by atoms with Crippen LogP contribution in [0.3, 0.4) is 0 Å². The number of aryl methyl sites for hydroxylation is 1. The average Bonchev–Trinajstić information content (AvgIpc) is 3.19. The van der Waals surface area contributed by atoms with Gasteiger partial charge in [0.2, 0.25) is 0 Å². The molecule has 5 nitrogen and oxygen atoms in total. The van der Waals surface area contributed by atoms with Crippen LogP contribution in [0.15, 0.2) is 6.07 Å². The molecule has 2 saturated heterocycles. The minimum absolute atomic E-state index is 0.0361. The van der Waals surface area contributed by atoms with E-state index in [1.165, 1.54) is 30.6 Å². The molecule has 2 aromatic rings. The highest BCUT2D eigenvalue weighted by Crippen LogP contribution is 2.45. The summed E-state index contributed by atoms with van der Waals surface area (Å²) in [4.78, 5) is 27.2. The van der Waals surface area contributed by atoms with Gasteiger partial charge >= 0.3 is 0 Å². The van der Waals surface area contributed by atoms with Crippen molar-refractivity contribution < 1.29 is 9.90 Å². The van der Waals surface area contributed by atoms with Crippen molar-refractivity contribution in [2.45, 2.75) is 96.2 Å². The Morgan fingerprint density at radius 2 is 1.79 bits per heavy atom. The molecule has 29 heavy (non-hydrogen) atoms. The molecule has 0 spiro atoms. The summed E-state index contributed by atoms with van der Waals surface area (Å²) in [6, 6.07) is 2.51. The van der Waals surface area contributed by atoms with Gasteiger partial charge in [-0.25, -0.2) is 9.97 Å². The van der Waals surface area contributed by atoms with E-state index in [0.29, 0.717) is 35.7 Å².